The molecule has 14 heteroatoms. The maximum absolute atomic E-state index is 14.3. The Bertz CT molecular complexity index is 1360. The molecule has 13 nitrogen and oxygen atoms in total. The maximum atomic E-state index is 14.3. The van der Waals surface area contributed by atoms with E-state index in [0.29, 0.717) is 25.9 Å². The number of nitrogens with zero attached hydrogens (tertiary/aromatic N) is 2. The summed E-state index contributed by atoms with van der Waals surface area (Å²) in [5.74, 6) is -2.65. The molecule has 6 atom stereocenters. The lowest BCUT2D eigenvalue weighted by molar-refractivity contribution is -0.145. The van der Waals surface area contributed by atoms with E-state index in [1.165, 1.54) is 9.21 Å². The average molecular weight is 681 g/mol. The minimum atomic E-state index is -3.42. The number of rotatable bonds is 11. The van der Waals surface area contributed by atoms with Gasteiger partial charge in [-0.3, -0.25) is 19.2 Å². The van der Waals surface area contributed by atoms with Gasteiger partial charge in [-0.25, -0.2) is 13.2 Å². The summed E-state index contributed by atoms with van der Waals surface area (Å²) < 4.78 is 26.9. The molecular formula is C33H56N6O7S. The van der Waals surface area contributed by atoms with E-state index in [0.717, 1.165) is 25.7 Å². The van der Waals surface area contributed by atoms with E-state index >= 15 is 0 Å². The van der Waals surface area contributed by atoms with Crippen LogP contribution < -0.4 is 21.7 Å². The Balaban J connectivity index is 1.52. The number of primary amides is 1. The predicted octanol–water partition coefficient (Wildman–Crippen LogP) is 1.75. The molecule has 0 aromatic rings. The number of urea groups is 1. The fraction of sp³-hybridized carbons (Fsp3) is 0.848. The van der Waals surface area contributed by atoms with E-state index in [1.807, 2.05) is 55.4 Å². The van der Waals surface area contributed by atoms with Gasteiger partial charge >= 0.3 is 6.03 Å². The molecule has 4 fully saturated rings. The molecule has 47 heavy (non-hydrogen) atoms. The van der Waals surface area contributed by atoms with Crippen LogP contribution in [0.3, 0.4) is 0 Å². The number of hydrogen-bond acceptors (Lipinski definition) is 7. The van der Waals surface area contributed by atoms with Crippen LogP contribution in [0.1, 0.15) is 93.9 Å². The first-order valence-corrected chi connectivity index (χ1v) is 18.7. The van der Waals surface area contributed by atoms with Crippen LogP contribution in [0.2, 0.25) is 0 Å². The Kier molecular flexibility index (Phi) is 10.5. The number of nitrogens with one attached hydrogen (secondary N) is 3. The van der Waals surface area contributed by atoms with Crippen molar-refractivity contribution in [1.29, 1.82) is 0 Å². The van der Waals surface area contributed by atoms with Gasteiger partial charge in [0.05, 0.1) is 11.8 Å². The van der Waals surface area contributed by atoms with Gasteiger partial charge in [-0.1, -0.05) is 74.7 Å². The largest absolute Gasteiger partial charge is 0.363 e. The van der Waals surface area contributed by atoms with Gasteiger partial charge < -0.3 is 26.6 Å². The van der Waals surface area contributed by atoms with Crippen molar-refractivity contribution < 1.29 is 32.4 Å². The summed E-state index contributed by atoms with van der Waals surface area (Å²) in [6.45, 7) is 16.2. The molecule has 0 radical (unpaired) electrons. The third-order valence-electron chi connectivity index (χ3n) is 11.0. The smallest absolute Gasteiger partial charge is 0.315 e. The number of nitrogens with two attached hydrogens (primary N) is 1. The van der Waals surface area contributed by atoms with Crippen LogP contribution in [-0.4, -0.2) is 96.7 Å². The second kappa shape index (κ2) is 13.3. The van der Waals surface area contributed by atoms with Crippen molar-refractivity contribution in [1.82, 2.24) is 25.2 Å². The fourth-order valence-electron chi connectivity index (χ4n) is 7.47. The minimum absolute atomic E-state index is 0.0605. The summed E-state index contributed by atoms with van der Waals surface area (Å²) in [4.78, 5) is 67.9. The van der Waals surface area contributed by atoms with Gasteiger partial charge in [-0.2, -0.15) is 4.31 Å². The van der Waals surface area contributed by atoms with Gasteiger partial charge in [0.2, 0.25) is 27.6 Å². The van der Waals surface area contributed by atoms with Gasteiger partial charge in [-0.05, 0) is 53.3 Å². The van der Waals surface area contributed by atoms with Crippen molar-refractivity contribution in [2.45, 2.75) is 118 Å². The molecule has 2 saturated carbocycles. The molecule has 0 bridgehead atoms. The lowest BCUT2D eigenvalue weighted by Crippen LogP contribution is -2.63. The number of piperidine rings is 1. The maximum Gasteiger partial charge on any atom is 0.315 e. The highest BCUT2D eigenvalue weighted by atomic mass is 32.2. The van der Waals surface area contributed by atoms with Crippen LogP contribution in [0, 0.1) is 34.0 Å². The normalized spacial score (nSPS) is 27.4. The number of likely N-dealkylation sites (tertiary alicyclic amines) is 1. The van der Waals surface area contributed by atoms with Crippen molar-refractivity contribution in [3.05, 3.63) is 0 Å². The van der Waals surface area contributed by atoms with Crippen molar-refractivity contribution in [2.75, 3.05) is 25.4 Å². The number of amides is 5. The molecule has 4 rings (SSSR count). The van der Waals surface area contributed by atoms with E-state index in [2.05, 4.69) is 16.0 Å². The molecule has 0 aromatic heterocycles. The summed E-state index contributed by atoms with van der Waals surface area (Å²) in [6, 6.07) is -4.10. The first kappa shape index (κ1) is 37.1. The zero-order valence-corrected chi connectivity index (χ0v) is 30.2. The van der Waals surface area contributed by atoms with Gasteiger partial charge in [0, 0.05) is 25.7 Å². The van der Waals surface area contributed by atoms with Gasteiger partial charge in [0.25, 0.3) is 5.91 Å². The molecule has 2 aliphatic carbocycles. The lowest BCUT2D eigenvalue weighted by Gasteiger charge is -2.39. The molecule has 0 spiro atoms. The molecule has 5 N–H and O–H groups in total. The predicted molar refractivity (Wildman–Crippen MR) is 177 cm³/mol. The van der Waals surface area contributed by atoms with Crippen molar-refractivity contribution in [3.63, 3.8) is 0 Å². The van der Waals surface area contributed by atoms with Crippen LogP contribution in [0.25, 0.3) is 0 Å². The zero-order valence-electron chi connectivity index (χ0n) is 29.4. The Morgan fingerprint density at radius 1 is 0.915 bits per heavy atom. The highest BCUT2D eigenvalue weighted by Crippen LogP contribution is 2.65. The van der Waals surface area contributed by atoms with E-state index in [4.69, 9.17) is 5.73 Å². The third-order valence-corrected chi connectivity index (χ3v) is 12.9. The number of Topliss-reactive ketones (excluding diaryl/α,β-unsaturated/α-hetero) is 1. The average Bonchev–Trinajstić information content (AvgIpc) is 3.24. The van der Waals surface area contributed by atoms with Crippen molar-refractivity contribution in [3.8, 4) is 0 Å². The topological polar surface area (TPSA) is 188 Å². The number of sulfonamides is 1. The molecule has 2 heterocycles. The van der Waals surface area contributed by atoms with Gasteiger partial charge in [-0.15, -0.1) is 0 Å². The minimum Gasteiger partial charge on any atom is -0.363 e. The molecule has 5 amide bonds. The summed E-state index contributed by atoms with van der Waals surface area (Å²) in [7, 11) is -3.42. The highest BCUT2D eigenvalue weighted by Gasteiger charge is 2.70. The summed E-state index contributed by atoms with van der Waals surface area (Å²) in [5, 5.41) is 8.60. The monoisotopic (exact) mass is 680 g/mol. The molecule has 4 aliphatic rings. The lowest BCUT2D eigenvalue weighted by atomic mass is 9.80. The second-order valence-electron chi connectivity index (χ2n) is 16.9. The Labute approximate surface area is 279 Å². The number of carbonyl (C=O) groups is 5. The van der Waals surface area contributed by atoms with Crippen molar-refractivity contribution in [2.24, 2.45) is 39.7 Å². The first-order valence-electron chi connectivity index (χ1n) is 17.0. The van der Waals surface area contributed by atoms with Crippen LogP contribution in [0.5, 0.6) is 0 Å². The van der Waals surface area contributed by atoms with E-state index in [1.54, 1.807) is 0 Å². The number of ketones is 1. The zero-order chi connectivity index (χ0) is 35.3. The Hall–Kier alpha value is -2.74. The second-order valence-corrected chi connectivity index (χ2v) is 19.0. The van der Waals surface area contributed by atoms with Crippen LogP contribution in [0.4, 0.5) is 4.79 Å². The van der Waals surface area contributed by atoms with Gasteiger partial charge in [0.1, 0.15) is 12.1 Å². The van der Waals surface area contributed by atoms with Crippen LogP contribution in [-0.2, 0) is 29.2 Å². The number of carbonyl (C=O) groups excluding carboxylic acids is 5. The number of hydrogen-bond donors (Lipinski definition) is 4. The van der Waals surface area contributed by atoms with E-state index in [-0.39, 0.29) is 35.5 Å². The molecular weight excluding hydrogens is 624 g/mol. The first-order chi connectivity index (χ1) is 21.6. The van der Waals surface area contributed by atoms with Gasteiger partial charge in [0.15, 0.2) is 0 Å². The van der Waals surface area contributed by atoms with Crippen molar-refractivity contribution >= 4 is 39.6 Å². The summed E-state index contributed by atoms with van der Waals surface area (Å²) in [6.07, 6.45) is 4.54. The molecule has 2 saturated heterocycles. The Morgan fingerprint density at radius 3 is 2.06 bits per heavy atom. The summed E-state index contributed by atoms with van der Waals surface area (Å²) in [5.41, 5.74) is 3.89. The Morgan fingerprint density at radius 2 is 1.55 bits per heavy atom. The van der Waals surface area contributed by atoms with E-state index < -0.39 is 74.6 Å². The SMILES string of the molecule is CC(C)(C)[C@H](NC(=O)N[C@H](CN1CCCCS1(=O)=O)C(C)(C)C)C(=O)N1C[C@H]2[C@@H]([C@H]1C(=O)NC(CC1CCC1)C(=O)C(N)=O)C2(C)C. The molecule has 2 aliphatic heterocycles. The third kappa shape index (κ3) is 8.12. The number of fused-ring (bicyclic) bond motifs is 1. The standard InChI is InChI=1S/C33H56N6O7S/c1-31(2,3)22(18-38-14-9-10-15-47(38,45)46)36-30(44)37-26(32(4,5)6)29(43)39-17-20-23(33(20,7)8)24(39)28(42)35-21(25(40)27(34)41)16-19-12-11-13-19/h19-24,26H,9-18H2,1-8H3,(H2,34,41)(H,35,42)(H2,36,37,44)/t20-,21?,22+,23-,24-,26+/m0/s1. The fourth-order valence-corrected chi connectivity index (χ4v) is 9.08. The van der Waals surface area contributed by atoms with Crippen LogP contribution in [0.15, 0.2) is 0 Å². The molecule has 266 valence electrons. The van der Waals surface area contributed by atoms with E-state index in [9.17, 15) is 32.4 Å². The summed E-state index contributed by atoms with van der Waals surface area (Å²) >= 11 is 0. The van der Waals surface area contributed by atoms with Crippen LogP contribution >= 0.6 is 0 Å². The quantitative estimate of drug-likeness (QED) is 0.239. The molecule has 0 aromatic carbocycles. The highest BCUT2D eigenvalue weighted by molar-refractivity contribution is 7.89. The molecule has 1 unspecified atom stereocenters.